The number of hydrogen-bond donors (Lipinski definition) is 2. The van der Waals surface area contributed by atoms with Crippen molar-refractivity contribution in [2.75, 3.05) is 40.5 Å². The van der Waals surface area contributed by atoms with Gasteiger partial charge in [-0.2, -0.15) is 0 Å². The van der Waals surface area contributed by atoms with E-state index in [1.807, 2.05) is 0 Å². The van der Waals surface area contributed by atoms with Crippen molar-refractivity contribution in [1.29, 1.82) is 0 Å². The molecule has 0 spiro atoms. The number of nitrogens with one attached hydrogen (secondary N) is 1. The molecular formula is C8H19NO3. The molecule has 0 aliphatic rings. The normalized spacial score (nSPS) is 13.2. The lowest BCUT2D eigenvalue weighted by atomic mass is 10.3. The third-order valence-electron chi connectivity index (χ3n) is 1.57. The SMILES string of the molecule is COCC(CNCCCO)OC. The molecule has 4 nitrogen and oxygen atoms in total. The molecule has 0 amide bonds. The zero-order chi connectivity index (χ0) is 9.23. The fourth-order valence-electron chi connectivity index (χ4n) is 0.863. The van der Waals surface area contributed by atoms with E-state index in [1.54, 1.807) is 14.2 Å². The van der Waals surface area contributed by atoms with Crippen molar-refractivity contribution in [2.24, 2.45) is 0 Å². The number of hydrogen-bond acceptors (Lipinski definition) is 4. The molecule has 12 heavy (non-hydrogen) atoms. The van der Waals surface area contributed by atoms with Gasteiger partial charge in [0.1, 0.15) is 0 Å². The summed E-state index contributed by atoms with van der Waals surface area (Å²) < 4.78 is 10.1. The largest absolute Gasteiger partial charge is 0.396 e. The molecule has 0 bridgehead atoms. The zero-order valence-corrected chi connectivity index (χ0v) is 7.88. The summed E-state index contributed by atoms with van der Waals surface area (Å²) in [7, 11) is 3.32. The minimum Gasteiger partial charge on any atom is -0.396 e. The Kier molecular flexibility index (Phi) is 8.81. The Morgan fingerprint density at radius 3 is 2.67 bits per heavy atom. The van der Waals surface area contributed by atoms with Crippen LogP contribution in [0.5, 0.6) is 0 Å². The van der Waals surface area contributed by atoms with E-state index >= 15 is 0 Å². The van der Waals surface area contributed by atoms with Crippen molar-refractivity contribution < 1.29 is 14.6 Å². The fraction of sp³-hybridized carbons (Fsp3) is 1.00. The molecule has 4 heteroatoms. The first-order chi connectivity index (χ1) is 5.85. The Balaban J connectivity index is 3.19. The van der Waals surface area contributed by atoms with Crippen molar-refractivity contribution in [2.45, 2.75) is 12.5 Å². The second-order valence-corrected chi connectivity index (χ2v) is 2.59. The molecular weight excluding hydrogens is 158 g/mol. The Bertz CT molecular complexity index is 90.4. The van der Waals surface area contributed by atoms with E-state index in [2.05, 4.69) is 5.32 Å². The summed E-state index contributed by atoms with van der Waals surface area (Å²) in [5, 5.41) is 11.7. The Labute approximate surface area is 73.9 Å². The second kappa shape index (κ2) is 8.93. The van der Waals surface area contributed by atoms with E-state index in [1.165, 1.54) is 0 Å². The van der Waals surface area contributed by atoms with Crippen LogP contribution in [-0.4, -0.2) is 51.7 Å². The maximum Gasteiger partial charge on any atom is 0.0928 e. The van der Waals surface area contributed by atoms with E-state index in [0.717, 1.165) is 19.5 Å². The summed E-state index contributed by atoms with van der Waals surface area (Å²) in [6, 6.07) is 0. The van der Waals surface area contributed by atoms with Gasteiger partial charge in [-0.05, 0) is 13.0 Å². The smallest absolute Gasteiger partial charge is 0.0928 e. The number of methoxy groups -OCH3 is 2. The average molecular weight is 177 g/mol. The molecule has 0 fully saturated rings. The first-order valence-corrected chi connectivity index (χ1v) is 4.18. The third kappa shape index (κ3) is 6.54. The van der Waals surface area contributed by atoms with Crippen LogP contribution in [0.1, 0.15) is 6.42 Å². The summed E-state index contributed by atoms with van der Waals surface area (Å²) in [5.41, 5.74) is 0. The second-order valence-electron chi connectivity index (χ2n) is 2.59. The third-order valence-corrected chi connectivity index (χ3v) is 1.57. The molecule has 0 aromatic heterocycles. The lowest BCUT2D eigenvalue weighted by Gasteiger charge is -2.14. The standard InChI is InChI=1S/C8H19NO3/c1-11-7-8(12-2)6-9-4-3-5-10/h8-10H,3-7H2,1-2H3. The van der Waals surface area contributed by atoms with Crippen LogP contribution in [0.15, 0.2) is 0 Å². The molecule has 74 valence electrons. The van der Waals surface area contributed by atoms with Gasteiger partial charge in [0.15, 0.2) is 0 Å². The maximum atomic E-state index is 8.50. The van der Waals surface area contributed by atoms with E-state index < -0.39 is 0 Å². The average Bonchev–Trinajstić information content (AvgIpc) is 2.10. The van der Waals surface area contributed by atoms with Crippen molar-refractivity contribution in [3.8, 4) is 0 Å². The van der Waals surface area contributed by atoms with Crippen molar-refractivity contribution in [1.82, 2.24) is 5.32 Å². The Morgan fingerprint density at radius 2 is 2.17 bits per heavy atom. The highest BCUT2D eigenvalue weighted by Gasteiger charge is 2.04. The lowest BCUT2D eigenvalue weighted by Crippen LogP contribution is -2.32. The van der Waals surface area contributed by atoms with Gasteiger partial charge in [-0.15, -0.1) is 0 Å². The van der Waals surface area contributed by atoms with Gasteiger partial charge in [0.25, 0.3) is 0 Å². The highest BCUT2D eigenvalue weighted by molar-refractivity contribution is 4.59. The van der Waals surface area contributed by atoms with Crippen LogP contribution in [0.4, 0.5) is 0 Å². The van der Waals surface area contributed by atoms with Crippen LogP contribution in [0, 0.1) is 0 Å². The van der Waals surface area contributed by atoms with Crippen LogP contribution in [-0.2, 0) is 9.47 Å². The summed E-state index contributed by atoms with van der Waals surface area (Å²) in [6.45, 7) is 2.42. The first-order valence-electron chi connectivity index (χ1n) is 4.18. The molecule has 1 unspecified atom stereocenters. The minimum absolute atomic E-state index is 0.105. The van der Waals surface area contributed by atoms with Crippen LogP contribution < -0.4 is 5.32 Å². The summed E-state index contributed by atoms with van der Waals surface area (Å²) in [6.07, 6.45) is 0.886. The molecule has 0 aromatic carbocycles. The van der Waals surface area contributed by atoms with Crippen molar-refractivity contribution >= 4 is 0 Å². The van der Waals surface area contributed by atoms with Gasteiger partial charge >= 0.3 is 0 Å². The van der Waals surface area contributed by atoms with E-state index in [4.69, 9.17) is 14.6 Å². The van der Waals surface area contributed by atoms with Gasteiger partial charge < -0.3 is 19.9 Å². The Morgan fingerprint density at radius 1 is 1.42 bits per heavy atom. The van der Waals surface area contributed by atoms with E-state index in [0.29, 0.717) is 6.61 Å². The monoisotopic (exact) mass is 177 g/mol. The number of ether oxygens (including phenoxy) is 2. The fourth-order valence-corrected chi connectivity index (χ4v) is 0.863. The predicted octanol–water partition coefficient (Wildman–Crippen LogP) is -0.380. The number of aliphatic hydroxyl groups is 1. The topological polar surface area (TPSA) is 50.7 Å². The van der Waals surface area contributed by atoms with Gasteiger partial charge in [0, 0.05) is 27.4 Å². The molecule has 2 N–H and O–H groups in total. The molecule has 0 saturated heterocycles. The van der Waals surface area contributed by atoms with Crippen LogP contribution in [0.2, 0.25) is 0 Å². The maximum absolute atomic E-state index is 8.50. The van der Waals surface area contributed by atoms with Crippen molar-refractivity contribution in [3.63, 3.8) is 0 Å². The summed E-state index contributed by atoms with van der Waals surface area (Å²) >= 11 is 0. The molecule has 0 radical (unpaired) electrons. The molecule has 0 saturated carbocycles. The van der Waals surface area contributed by atoms with Gasteiger partial charge in [-0.3, -0.25) is 0 Å². The number of rotatable bonds is 8. The minimum atomic E-state index is 0.105. The van der Waals surface area contributed by atoms with E-state index in [9.17, 15) is 0 Å². The molecule has 0 aromatic rings. The predicted molar refractivity (Wildman–Crippen MR) is 47.2 cm³/mol. The molecule has 0 aliphatic heterocycles. The van der Waals surface area contributed by atoms with Crippen LogP contribution in [0.25, 0.3) is 0 Å². The van der Waals surface area contributed by atoms with Gasteiger partial charge in [0.2, 0.25) is 0 Å². The lowest BCUT2D eigenvalue weighted by molar-refractivity contribution is 0.0289. The first kappa shape index (κ1) is 11.8. The number of aliphatic hydroxyl groups excluding tert-OH is 1. The zero-order valence-electron chi connectivity index (χ0n) is 7.88. The van der Waals surface area contributed by atoms with Gasteiger partial charge in [-0.25, -0.2) is 0 Å². The molecule has 1 atom stereocenters. The molecule has 0 aliphatic carbocycles. The van der Waals surface area contributed by atoms with Crippen LogP contribution in [0.3, 0.4) is 0 Å². The Hall–Kier alpha value is -0.160. The molecule has 0 rings (SSSR count). The summed E-state index contributed by atoms with van der Waals surface area (Å²) in [4.78, 5) is 0. The van der Waals surface area contributed by atoms with Gasteiger partial charge in [0.05, 0.1) is 12.7 Å². The quantitative estimate of drug-likeness (QED) is 0.496. The van der Waals surface area contributed by atoms with E-state index in [-0.39, 0.29) is 12.7 Å². The van der Waals surface area contributed by atoms with Crippen LogP contribution >= 0.6 is 0 Å². The molecule has 0 heterocycles. The highest BCUT2D eigenvalue weighted by Crippen LogP contribution is 1.88. The van der Waals surface area contributed by atoms with Gasteiger partial charge in [-0.1, -0.05) is 0 Å². The van der Waals surface area contributed by atoms with Crippen molar-refractivity contribution in [3.05, 3.63) is 0 Å². The summed E-state index contributed by atoms with van der Waals surface area (Å²) in [5.74, 6) is 0. The highest BCUT2D eigenvalue weighted by atomic mass is 16.5.